The molecule has 2 amide bonds. The average Bonchev–Trinajstić information content (AvgIpc) is 2.80. The van der Waals surface area contributed by atoms with E-state index in [1.807, 2.05) is 0 Å². The highest BCUT2D eigenvalue weighted by Crippen LogP contribution is 2.22. The van der Waals surface area contributed by atoms with Crippen molar-refractivity contribution in [3.63, 3.8) is 0 Å². The number of amides is 2. The minimum atomic E-state index is -0.398. The van der Waals surface area contributed by atoms with Crippen molar-refractivity contribution in [1.82, 2.24) is 14.9 Å². The smallest absolute Gasteiger partial charge is 0.253 e. The van der Waals surface area contributed by atoms with Crippen LogP contribution in [-0.2, 0) is 4.79 Å². The zero-order chi connectivity index (χ0) is 21.8. The highest BCUT2D eigenvalue weighted by molar-refractivity contribution is 5.96. The van der Waals surface area contributed by atoms with Crippen molar-refractivity contribution >= 4 is 17.5 Å². The summed E-state index contributed by atoms with van der Waals surface area (Å²) in [6, 6.07) is 12.0. The summed E-state index contributed by atoms with van der Waals surface area (Å²) < 4.78 is 13.1. The Bertz CT molecular complexity index is 1090. The number of benzene rings is 2. The van der Waals surface area contributed by atoms with E-state index in [0.29, 0.717) is 48.6 Å². The first-order valence-corrected chi connectivity index (χ1v) is 9.97. The molecule has 31 heavy (non-hydrogen) atoms. The van der Waals surface area contributed by atoms with Gasteiger partial charge in [0.15, 0.2) is 5.82 Å². The van der Waals surface area contributed by atoms with Crippen LogP contribution >= 0.6 is 0 Å². The second-order valence-electron chi connectivity index (χ2n) is 7.43. The average molecular weight is 420 g/mol. The number of aromatic hydroxyl groups is 1. The van der Waals surface area contributed by atoms with E-state index in [1.54, 1.807) is 29.2 Å². The second-order valence-corrected chi connectivity index (χ2v) is 7.43. The van der Waals surface area contributed by atoms with Crippen LogP contribution in [0, 0.1) is 11.7 Å². The van der Waals surface area contributed by atoms with E-state index in [2.05, 4.69) is 15.3 Å². The monoisotopic (exact) mass is 420 g/mol. The zero-order valence-corrected chi connectivity index (χ0v) is 16.7. The minimum absolute atomic E-state index is 0.121. The van der Waals surface area contributed by atoms with E-state index >= 15 is 0 Å². The van der Waals surface area contributed by atoms with Gasteiger partial charge in [0.05, 0.1) is 24.0 Å². The summed E-state index contributed by atoms with van der Waals surface area (Å²) in [5.74, 6) is -0.617. The number of phenolic OH excluding ortho intramolecular Hbond substituents is 1. The van der Waals surface area contributed by atoms with Crippen molar-refractivity contribution in [1.29, 1.82) is 0 Å². The number of hydrogen-bond donors (Lipinski definition) is 2. The third kappa shape index (κ3) is 4.85. The molecular formula is C23H21FN4O3. The summed E-state index contributed by atoms with van der Waals surface area (Å²) in [6.45, 7) is 0.853. The molecule has 0 saturated carbocycles. The number of phenols is 1. The van der Waals surface area contributed by atoms with E-state index in [0.717, 1.165) is 0 Å². The molecule has 7 nitrogen and oxygen atoms in total. The maximum absolute atomic E-state index is 13.1. The van der Waals surface area contributed by atoms with E-state index in [4.69, 9.17) is 0 Å². The molecule has 1 aliphatic rings. The molecule has 2 aromatic carbocycles. The zero-order valence-electron chi connectivity index (χ0n) is 16.7. The molecule has 0 spiro atoms. The van der Waals surface area contributed by atoms with Crippen molar-refractivity contribution in [2.45, 2.75) is 12.8 Å². The summed E-state index contributed by atoms with van der Waals surface area (Å²) in [4.78, 5) is 35.5. The molecule has 1 saturated heterocycles. The lowest BCUT2D eigenvalue weighted by atomic mass is 9.96. The fourth-order valence-corrected chi connectivity index (χ4v) is 3.58. The van der Waals surface area contributed by atoms with Gasteiger partial charge < -0.3 is 15.3 Å². The number of carbonyl (C=O) groups excluding carboxylic acids is 2. The minimum Gasteiger partial charge on any atom is -0.508 e. The number of nitrogens with zero attached hydrogens (tertiary/aromatic N) is 3. The van der Waals surface area contributed by atoms with Crippen LogP contribution in [0.15, 0.2) is 60.9 Å². The summed E-state index contributed by atoms with van der Waals surface area (Å²) >= 11 is 0. The van der Waals surface area contributed by atoms with E-state index in [9.17, 15) is 19.1 Å². The third-order valence-electron chi connectivity index (χ3n) is 5.19. The third-order valence-corrected chi connectivity index (χ3v) is 5.19. The number of piperidine rings is 1. The molecule has 8 heteroatoms. The van der Waals surface area contributed by atoms with Crippen molar-refractivity contribution in [3.05, 3.63) is 72.3 Å². The molecule has 0 bridgehead atoms. The summed E-state index contributed by atoms with van der Waals surface area (Å²) in [7, 11) is 0. The lowest BCUT2D eigenvalue weighted by Crippen LogP contribution is -2.43. The van der Waals surface area contributed by atoms with Crippen molar-refractivity contribution < 1.29 is 19.1 Å². The first kappa shape index (κ1) is 20.5. The fourth-order valence-electron chi connectivity index (χ4n) is 3.58. The van der Waals surface area contributed by atoms with Crippen LogP contribution in [0.5, 0.6) is 5.75 Å². The number of aromatic nitrogens is 2. The Kier molecular flexibility index (Phi) is 5.88. The number of likely N-dealkylation sites (tertiary alicyclic amines) is 1. The van der Waals surface area contributed by atoms with Crippen LogP contribution in [0.25, 0.3) is 11.4 Å². The quantitative estimate of drug-likeness (QED) is 0.674. The Morgan fingerprint density at radius 2 is 1.84 bits per heavy atom. The number of hydrogen-bond acceptors (Lipinski definition) is 5. The molecule has 0 radical (unpaired) electrons. The topological polar surface area (TPSA) is 95.4 Å². The van der Waals surface area contributed by atoms with Crippen LogP contribution in [0.3, 0.4) is 0 Å². The molecule has 1 fully saturated rings. The van der Waals surface area contributed by atoms with Crippen molar-refractivity contribution in [2.24, 2.45) is 5.92 Å². The maximum atomic E-state index is 13.1. The SMILES string of the molecule is O=C(Nc1cnc(-c2cccc(O)c2)nc1)C1CCCN(C(=O)c2ccc(F)cc2)C1. The van der Waals surface area contributed by atoms with E-state index in [1.165, 1.54) is 36.7 Å². The van der Waals surface area contributed by atoms with Gasteiger partial charge in [0, 0.05) is 24.2 Å². The Balaban J connectivity index is 1.39. The van der Waals surface area contributed by atoms with Gasteiger partial charge >= 0.3 is 0 Å². The molecular weight excluding hydrogens is 399 g/mol. The highest BCUT2D eigenvalue weighted by Gasteiger charge is 2.29. The van der Waals surface area contributed by atoms with Gasteiger partial charge in [-0.05, 0) is 49.2 Å². The Morgan fingerprint density at radius 1 is 1.10 bits per heavy atom. The standard InChI is InChI=1S/C23H21FN4O3/c24-18-8-6-15(7-9-18)23(31)28-10-2-4-17(14-28)22(30)27-19-12-25-21(26-13-19)16-3-1-5-20(29)11-16/h1,3,5-9,11-13,17,29H,2,4,10,14H2,(H,27,30). The van der Waals surface area contributed by atoms with Crippen molar-refractivity contribution in [2.75, 3.05) is 18.4 Å². The predicted octanol–water partition coefficient (Wildman–Crippen LogP) is 3.48. The second kappa shape index (κ2) is 8.91. The Hall–Kier alpha value is -3.81. The van der Waals surface area contributed by atoms with E-state index in [-0.39, 0.29) is 23.5 Å². The summed E-state index contributed by atoms with van der Waals surface area (Å²) in [5.41, 5.74) is 1.52. The molecule has 1 atom stereocenters. The fraction of sp³-hybridized carbons (Fsp3) is 0.217. The van der Waals surface area contributed by atoms with Gasteiger partial charge in [-0.1, -0.05) is 12.1 Å². The van der Waals surface area contributed by atoms with Gasteiger partial charge in [-0.2, -0.15) is 0 Å². The van der Waals surface area contributed by atoms with Crippen LogP contribution in [0.2, 0.25) is 0 Å². The molecule has 3 aromatic rings. The summed E-state index contributed by atoms with van der Waals surface area (Å²) in [6.07, 6.45) is 4.39. The van der Waals surface area contributed by atoms with Gasteiger partial charge in [0.25, 0.3) is 5.91 Å². The lowest BCUT2D eigenvalue weighted by molar-refractivity contribution is -0.121. The van der Waals surface area contributed by atoms with Crippen LogP contribution in [0.1, 0.15) is 23.2 Å². The molecule has 1 aromatic heterocycles. The molecule has 158 valence electrons. The van der Waals surface area contributed by atoms with Gasteiger partial charge in [-0.3, -0.25) is 9.59 Å². The first-order valence-electron chi connectivity index (χ1n) is 9.97. The number of halogens is 1. The Labute approximate surface area is 178 Å². The highest BCUT2D eigenvalue weighted by atomic mass is 19.1. The number of anilines is 1. The van der Waals surface area contributed by atoms with Gasteiger partial charge in [-0.15, -0.1) is 0 Å². The number of nitrogens with one attached hydrogen (secondary N) is 1. The van der Waals surface area contributed by atoms with Crippen LogP contribution < -0.4 is 5.32 Å². The molecule has 1 unspecified atom stereocenters. The van der Waals surface area contributed by atoms with Gasteiger partial charge in [0.2, 0.25) is 5.91 Å². The first-order chi connectivity index (χ1) is 15.0. The molecule has 2 heterocycles. The number of carbonyl (C=O) groups is 2. The molecule has 0 aliphatic carbocycles. The van der Waals surface area contributed by atoms with Crippen molar-refractivity contribution in [3.8, 4) is 17.1 Å². The van der Waals surface area contributed by atoms with Gasteiger partial charge in [0.1, 0.15) is 11.6 Å². The van der Waals surface area contributed by atoms with Gasteiger partial charge in [-0.25, -0.2) is 14.4 Å². The normalized spacial score (nSPS) is 16.0. The molecule has 1 aliphatic heterocycles. The van der Waals surface area contributed by atoms with Crippen LogP contribution in [-0.4, -0.2) is 44.9 Å². The maximum Gasteiger partial charge on any atom is 0.253 e. The predicted molar refractivity (Wildman–Crippen MR) is 113 cm³/mol. The lowest BCUT2D eigenvalue weighted by Gasteiger charge is -2.32. The Morgan fingerprint density at radius 3 is 2.55 bits per heavy atom. The largest absolute Gasteiger partial charge is 0.508 e. The number of rotatable bonds is 4. The molecule has 2 N–H and O–H groups in total. The summed E-state index contributed by atoms with van der Waals surface area (Å²) in [5, 5.41) is 12.4. The van der Waals surface area contributed by atoms with E-state index < -0.39 is 5.82 Å². The molecule has 4 rings (SSSR count). The van der Waals surface area contributed by atoms with Crippen LogP contribution in [0.4, 0.5) is 10.1 Å².